The number of nitrogens with zero attached hydrogens (tertiary/aromatic N) is 1. The van der Waals surface area contributed by atoms with Crippen molar-refractivity contribution in [2.24, 2.45) is 5.92 Å². The van der Waals surface area contributed by atoms with Gasteiger partial charge in [-0.15, -0.1) is 11.3 Å². The van der Waals surface area contributed by atoms with Gasteiger partial charge in [0.25, 0.3) is 0 Å². The van der Waals surface area contributed by atoms with E-state index in [1.807, 2.05) is 11.0 Å². The molecule has 0 spiro atoms. The number of hydrogen-bond acceptors (Lipinski definition) is 3. The summed E-state index contributed by atoms with van der Waals surface area (Å²) in [6.07, 6.45) is 0.942. The predicted octanol–water partition coefficient (Wildman–Crippen LogP) is 2.33. The van der Waals surface area contributed by atoms with Gasteiger partial charge < -0.3 is 5.11 Å². The van der Waals surface area contributed by atoms with E-state index in [0.29, 0.717) is 5.92 Å². The van der Waals surface area contributed by atoms with Crippen molar-refractivity contribution in [1.29, 1.82) is 0 Å². The number of carboxylic acids is 1. The summed E-state index contributed by atoms with van der Waals surface area (Å²) in [7, 11) is 0. The minimum atomic E-state index is -0.744. The Morgan fingerprint density at radius 3 is 2.81 bits per heavy atom. The summed E-state index contributed by atoms with van der Waals surface area (Å²) in [5, 5.41) is 10.9. The molecule has 0 aromatic carbocycles. The first-order chi connectivity index (χ1) is 7.58. The van der Waals surface area contributed by atoms with Gasteiger partial charge in [-0.1, -0.05) is 19.9 Å². The molecule has 0 unspecified atom stereocenters. The number of thiophene rings is 1. The molecule has 0 atom stereocenters. The molecule has 90 valence electrons. The zero-order valence-corrected chi connectivity index (χ0v) is 10.7. The maximum Gasteiger partial charge on any atom is 0.317 e. The van der Waals surface area contributed by atoms with E-state index < -0.39 is 5.97 Å². The van der Waals surface area contributed by atoms with Crippen LogP contribution in [0.2, 0.25) is 0 Å². The van der Waals surface area contributed by atoms with Crippen LogP contribution in [0, 0.1) is 5.92 Å². The lowest BCUT2D eigenvalue weighted by Crippen LogP contribution is -2.34. The van der Waals surface area contributed by atoms with E-state index in [0.717, 1.165) is 19.5 Å². The second kappa shape index (κ2) is 6.66. The fourth-order valence-corrected chi connectivity index (χ4v) is 2.36. The van der Waals surface area contributed by atoms with Crippen LogP contribution >= 0.6 is 11.3 Å². The topological polar surface area (TPSA) is 40.5 Å². The third-order valence-electron chi connectivity index (χ3n) is 2.24. The van der Waals surface area contributed by atoms with Crippen LogP contribution in [0.5, 0.6) is 0 Å². The summed E-state index contributed by atoms with van der Waals surface area (Å²) < 4.78 is 0. The van der Waals surface area contributed by atoms with E-state index in [9.17, 15) is 4.79 Å². The molecule has 0 radical (unpaired) electrons. The van der Waals surface area contributed by atoms with Crippen LogP contribution in [0.3, 0.4) is 0 Å². The summed E-state index contributed by atoms with van der Waals surface area (Å²) in [5.74, 6) is -0.241. The first kappa shape index (κ1) is 13.2. The monoisotopic (exact) mass is 241 g/mol. The number of carbonyl (C=O) groups is 1. The fourth-order valence-electron chi connectivity index (χ4n) is 1.67. The van der Waals surface area contributed by atoms with E-state index in [4.69, 9.17) is 5.11 Å². The molecule has 0 bridgehead atoms. The summed E-state index contributed by atoms with van der Waals surface area (Å²) in [6.45, 7) is 6.03. The molecule has 1 aromatic heterocycles. The van der Waals surface area contributed by atoms with Gasteiger partial charge >= 0.3 is 5.97 Å². The highest BCUT2D eigenvalue weighted by atomic mass is 32.1. The van der Waals surface area contributed by atoms with E-state index in [2.05, 4.69) is 25.3 Å². The van der Waals surface area contributed by atoms with Crippen LogP contribution < -0.4 is 0 Å². The Morgan fingerprint density at radius 2 is 2.31 bits per heavy atom. The van der Waals surface area contributed by atoms with Crippen LogP contribution in [0.1, 0.15) is 18.7 Å². The molecular formula is C12H19NO2S. The van der Waals surface area contributed by atoms with Crippen LogP contribution in [0.4, 0.5) is 0 Å². The van der Waals surface area contributed by atoms with Gasteiger partial charge in [0.2, 0.25) is 0 Å². The molecule has 0 saturated heterocycles. The number of rotatable bonds is 7. The Labute approximate surface area is 101 Å². The van der Waals surface area contributed by atoms with Crippen LogP contribution in [0.25, 0.3) is 0 Å². The van der Waals surface area contributed by atoms with E-state index in [1.165, 1.54) is 4.88 Å². The summed E-state index contributed by atoms with van der Waals surface area (Å²) in [4.78, 5) is 14.0. The summed E-state index contributed by atoms with van der Waals surface area (Å²) >= 11 is 1.73. The average molecular weight is 241 g/mol. The molecule has 1 heterocycles. The standard InChI is InChI=1S/C12H19NO2S/c1-10(2)8-13(9-12(14)15)6-5-11-4-3-7-16-11/h3-4,7,10H,5-6,8-9H2,1-2H3,(H,14,15). The summed E-state index contributed by atoms with van der Waals surface area (Å²) in [6, 6.07) is 4.13. The van der Waals surface area contributed by atoms with Crippen molar-refractivity contribution in [3.63, 3.8) is 0 Å². The largest absolute Gasteiger partial charge is 0.480 e. The van der Waals surface area contributed by atoms with Gasteiger partial charge in [0.1, 0.15) is 0 Å². The van der Waals surface area contributed by atoms with Crippen molar-refractivity contribution in [3.05, 3.63) is 22.4 Å². The number of aliphatic carboxylic acids is 1. The Bertz CT molecular complexity index is 309. The van der Waals surface area contributed by atoms with E-state index in [-0.39, 0.29) is 6.54 Å². The van der Waals surface area contributed by atoms with Crippen molar-refractivity contribution in [3.8, 4) is 0 Å². The van der Waals surface area contributed by atoms with E-state index >= 15 is 0 Å². The van der Waals surface area contributed by atoms with Gasteiger partial charge in [-0.05, 0) is 23.8 Å². The predicted molar refractivity (Wildman–Crippen MR) is 66.9 cm³/mol. The zero-order chi connectivity index (χ0) is 12.0. The van der Waals surface area contributed by atoms with Crippen molar-refractivity contribution in [2.75, 3.05) is 19.6 Å². The molecule has 0 fully saturated rings. The minimum absolute atomic E-state index is 0.142. The highest BCUT2D eigenvalue weighted by Gasteiger charge is 2.11. The van der Waals surface area contributed by atoms with E-state index in [1.54, 1.807) is 11.3 Å². The summed E-state index contributed by atoms with van der Waals surface area (Å²) in [5.41, 5.74) is 0. The quantitative estimate of drug-likeness (QED) is 0.796. The van der Waals surface area contributed by atoms with Crippen molar-refractivity contribution < 1.29 is 9.90 Å². The Balaban J connectivity index is 2.40. The molecule has 0 aliphatic heterocycles. The zero-order valence-electron chi connectivity index (χ0n) is 9.85. The van der Waals surface area contributed by atoms with Crippen LogP contribution in [0.15, 0.2) is 17.5 Å². The van der Waals surface area contributed by atoms with Gasteiger partial charge in [0.05, 0.1) is 6.54 Å². The molecule has 0 aliphatic carbocycles. The average Bonchev–Trinajstić information content (AvgIpc) is 2.64. The molecule has 1 aromatic rings. The molecule has 1 rings (SSSR count). The van der Waals surface area contributed by atoms with Gasteiger partial charge in [-0.25, -0.2) is 0 Å². The lowest BCUT2D eigenvalue weighted by molar-refractivity contribution is -0.138. The van der Waals surface area contributed by atoms with Gasteiger partial charge in [-0.3, -0.25) is 9.69 Å². The van der Waals surface area contributed by atoms with Gasteiger partial charge in [-0.2, -0.15) is 0 Å². The molecule has 4 heteroatoms. The minimum Gasteiger partial charge on any atom is -0.480 e. The smallest absolute Gasteiger partial charge is 0.317 e. The molecule has 1 N–H and O–H groups in total. The molecule has 0 aliphatic rings. The maximum absolute atomic E-state index is 10.7. The van der Waals surface area contributed by atoms with Gasteiger partial charge in [0.15, 0.2) is 0 Å². The van der Waals surface area contributed by atoms with Crippen molar-refractivity contribution in [2.45, 2.75) is 20.3 Å². The first-order valence-electron chi connectivity index (χ1n) is 5.54. The number of carboxylic acid groups (broad SMARTS) is 1. The fraction of sp³-hybridized carbons (Fsp3) is 0.583. The second-order valence-electron chi connectivity index (χ2n) is 4.35. The highest BCUT2D eigenvalue weighted by Crippen LogP contribution is 2.10. The second-order valence-corrected chi connectivity index (χ2v) is 5.38. The third kappa shape index (κ3) is 5.28. The molecule has 0 saturated carbocycles. The van der Waals surface area contributed by atoms with Crippen LogP contribution in [-0.4, -0.2) is 35.6 Å². The first-order valence-corrected chi connectivity index (χ1v) is 6.42. The molecule has 3 nitrogen and oxygen atoms in total. The lowest BCUT2D eigenvalue weighted by atomic mass is 10.2. The van der Waals surface area contributed by atoms with Crippen molar-refractivity contribution in [1.82, 2.24) is 4.90 Å². The maximum atomic E-state index is 10.7. The lowest BCUT2D eigenvalue weighted by Gasteiger charge is -2.21. The molecule has 0 amide bonds. The van der Waals surface area contributed by atoms with Crippen molar-refractivity contribution >= 4 is 17.3 Å². The SMILES string of the molecule is CC(C)CN(CCc1cccs1)CC(=O)O. The number of hydrogen-bond donors (Lipinski definition) is 1. The Morgan fingerprint density at radius 1 is 1.56 bits per heavy atom. The van der Waals surface area contributed by atoms with Crippen LogP contribution in [-0.2, 0) is 11.2 Å². The third-order valence-corrected chi connectivity index (χ3v) is 3.17. The molecular weight excluding hydrogens is 222 g/mol. The highest BCUT2D eigenvalue weighted by molar-refractivity contribution is 7.09. The Hall–Kier alpha value is -0.870. The van der Waals surface area contributed by atoms with Gasteiger partial charge in [0, 0.05) is 18.0 Å². The normalized spacial score (nSPS) is 11.2. The molecule has 16 heavy (non-hydrogen) atoms. The Kier molecular flexibility index (Phi) is 5.49.